The predicted molar refractivity (Wildman–Crippen MR) is 77.4 cm³/mol. The van der Waals surface area contributed by atoms with E-state index in [-0.39, 0.29) is 11.7 Å². The van der Waals surface area contributed by atoms with E-state index in [0.717, 1.165) is 11.1 Å². The van der Waals surface area contributed by atoms with Crippen molar-refractivity contribution in [3.8, 4) is 0 Å². The van der Waals surface area contributed by atoms with Gasteiger partial charge in [0.25, 0.3) is 5.91 Å². The van der Waals surface area contributed by atoms with Crippen LogP contribution in [0.2, 0.25) is 0 Å². The van der Waals surface area contributed by atoms with E-state index >= 15 is 0 Å². The van der Waals surface area contributed by atoms with Crippen LogP contribution in [0.4, 0.5) is 4.39 Å². The van der Waals surface area contributed by atoms with Crippen molar-refractivity contribution in [2.45, 2.75) is 13.8 Å². The Morgan fingerprint density at radius 1 is 1.10 bits per heavy atom. The van der Waals surface area contributed by atoms with Gasteiger partial charge in [0.15, 0.2) is 0 Å². The van der Waals surface area contributed by atoms with Crippen LogP contribution in [0.15, 0.2) is 47.6 Å². The molecule has 20 heavy (non-hydrogen) atoms. The van der Waals surface area contributed by atoms with Gasteiger partial charge in [0.05, 0.1) is 6.21 Å². The Kier molecular flexibility index (Phi) is 4.25. The molecule has 0 radical (unpaired) electrons. The fourth-order valence-corrected chi connectivity index (χ4v) is 1.66. The summed E-state index contributed by atoms with van der Waals surface area (Å²) in [7, 11) is 0. The van der Waals surface area contributed by atoms with Crippen LogP contribution < -0.4 is 5.43 Å². The molecule has 0 spiro atoms. The van der Waals surface area contributed by atoms with Crippen molar-refractivity contribution in [2.75, 3.05) is 0 Å². The van der Waals surface area contributed by atoms with E-state index in [1.807, 2.05) is 26.0 Å². The molecule has 0 atom stereocenters. The minimum Gasteiger partial charge on any atom is -0.267 e. The Labute approximate surface area is 117 Å². The summed E-state index contributed by atoms with van der Waals surface area (Å²) in [6.07, 6.45) is 1.47. The molecule has 0 aliphatic rings. The Morgan fingerprint density at radius 3 is 2.45 bits per heavy atom. The molecule has 4 heteroatoms. The highest BCUT2D eigenvalue weighted by Crippen LogP contribution is 2.09. The fraction of sp³-hybridized carbons (Fsp3) is 0.125. The van der Waals surface area contributed by atoms with Crippen LogP contribution in [-0.2, 0) is 0 Å². The first kappa shape index (κ1) is 13.9. The topological polar surface area (TPSA) is 41.5 Å². The highest BCUT2D eigenvalue weighted by molar-refractivity contribution is 5.95. The lowest BCUT2D eigenvalue weighted by molar-refractivity contribution is 0.0955. The average Bonchev–Trinajstić information content (AvgIpc) is 2.44. The van der Waals surface area contributed by atoms with Crippen molar-refractivity contribution in [3.05, 3.63) is 70.5 Å². The summed E-state index contributed by atoms with van der Waals surface area (Å²) in [6.45, 7) is 3.94. The van der Waals surface area contributed by atoms with Gasteiger partial charge in [-0.2, -0.15) is 5.10 Å². The SMILES string of the molecule is Cc1ccc(C(=O)NN=Cc2ccc(F)cc2)cc1C. The van der Waals surface area contributed by atoms with Crippen LogP contribution in [0.5, 0.6) is 0 Å². The first-order chi connectivity index (χ1) is 9.56. The number of carbonyl (C=O) groups is 1. The van der Waals surface area contributed by atoms with Gasteiger partial charge in [0.1, 0.15) is 5.82 Å². The van der Waals surface area contributed by atoms with Gasteiger partial charge in [-0.05, 0) is 54.8 Å². The van der Waals surface area contributed by atoms with Gasteiger partial charge in [0.2, 0.25) is 0 Å². The van der Waals surface area contributed by atoms with Gasteiger partial charge >= 0.3 is 0 Å². The number of rotatable bonds is 3. The normalized spacial score (nSPS) is 10.8. The zero-order chi connectivity index (χ0) is 14.5. The van der Waals surface area contributed by atoms with E-state index in [1.54, 1.807) is 18.2 Å². The van der Waals surface area contributed by atoms with Crippen molar-refractivity contribution in [3.63, 3.8) is 0 Å². The molecule has 0 fully saturated rings. The standard InChI is InChI=1S/C16H15FN2O/c1-11-3-6-14(9-12(11)2)16(20)19-18-10-13-4-7-15(17)8-5-13/h3-10H,1-2H3,(H,19,20). The third kappa shape index (κ3) is 3.51. The van der Waals surface area contributed by atoms with Crippen LogP contribution in [0.25, 0.3) is 0 Å². The predicted octanol–water partition coefficient (Wildman–Crippen LogP) is 3.21. The number of carbonyl (C=O) groups excluding carboxylic acids is 1. The molecule has 0 aromatic heterocycles. The molecule has 0 unspecified atom stereocenters. The molecule has 2 aromatic carbocycles. The van der Waals surface area contributed by atoms with E-state index < -0.39 is 0 Å². The molecule has 2 aromatic rings. The summed E-state index contributed by atoms with van der Waals surface area (Å²) in [6, 6.07) is 11.3. The molecule has 0 aliphatic heterocycles. The van der Waals surface area contributed by atoms with Crippen molar-refractivity contribution >= 4 is 12.1 Å². The fourth-order valence-electron chi connectivity index (χ4n) is 1.66. The third-order valence-electron chi connectivity index (χ3n) is 3.02. The smallest absolute Gasteiger partial charge is 0.267 e. The third-order valence-corrected chi connectivity index (χ3v) is 3.02. The Bertz CT molecular complexity index is 648. The second-order valence-electron chi connectivity index (χ2n) is 4.55. The Hall–Kier alpha value is -2.49. The first-order valence-electron chi connectivity index (χ1n) is 6.22. The summed E-state index contributed by atoms with van der Waals surface area (Å²) in [5, 5.41) is 3.85. The van der Waals surface area contributed by atoms with E-state index in [4.69, 9.17) is 0 Å². The molecule has 0 bridgehead atoms. The minimum absolute atomic E-state index is 0.272. The molecular formula is C16H15FN2O. The maximum Gasteiger partial charge on any atom is 0.271 e. The second-order valence-corrected chi connectivity index (χ2v) is 4.55. The van der Waals surface area contributed by atoms with Crippen LogP contribution in [0.3, 0.4) is 0 Å². The summed E-state index contributed by atoms with van der Waals surface area (Å²) in [5.41, 5.74) is 5.91. The largest absolute Gasteiger partial charge is 0.271 e. The number of nitrogens with zero attached hydrogens (tertiary/aromatic N) is 1. The first-order valence-corrected chi connectivity index (χ1v) is 6.22. The van der Waals surface area contributed by atoms with Crippen molar-refractivity contribution in [2.24, 2.45) is 5.10 Å². The maximum absolute atomic E-state index is 12.7. The number of nitrogens with one attached hydrogen (secondary N) is 1. The van der Waals surface area contributed by atoms with Gasteiger partial charge in [-0.25, -0.2) is 9.82 Å². The van der Waals surface area contributed by atoms with Crippen LogP contribution in [0.1, 0.15) is 27.0 Å². The summed E-state index contributed by atoms with van der Waals surface area (Å²) < 4.78 is 12.7. The van der Waals surface area contributed by atoms with Crippen molar-refractivity contribution in [1.29, 1.82) is 0 Å². The number of amides is 1. The summed E-state index contributed by atoms with van der Waals surface area (Å²) >= 11 is 0. The lowest BCUT2D eigenvalue weighted by Gasteiger charge is -2.03. The Morgan fingerprint density at radius 2 is 1.80 bits per heavy atom. The number of aryl methyl sites for hydroxylation is 2. The van der Waals surface area contributed by atoms with Gasteiger partial charge in [-0.3, -0.25) is 4.79 Å². The van der Waals surface area contributed by atoms with E-state index in [0.29, 0.717) is 11.1 Å². The van der Waals surface area contributed by atoms with Gasteiger partial charge in [-0.1, -0.05) is 18.2 Å². The molecule has 0 heterocycles. The summed E-state index contributed by atoms with van der Waals surface area (Å²) in [5.74, 6) is -0.576. The zero-order valence-corrected chi connectivity index (χ0v) is 11.4. The highest BCUT2D eigenvalue weighted by Gasteiger charge is 2.04. The number of hydrogen-bond acceptors (Lipinski definition) is 2. The van der Waals surface area contributed by atoms with E-state index in [1.165, 1.54) is 18.3 Å². The van der Waals surface area contributed by atoms with E-state index in [2.05, 4.69) is 10.5 Å². The molecule has 2 rings (SSSR count). The number of benzene rings is 2. The molecule has 0 saturated carbocycles. The van der Waals surface area contributed by atoms with Crippen molar-refractivity contribution < 1.29 is 9.18 Å². The zero-order valence-electron chi connectivity index (χ0n) is 11.4. The molecule has 1 N–H and O–H groups in total. The number of hydrazone groups is 1. The van der Waals surface area contributed by atoms with Crippen LogP contribution >= 0.6 is 0 Å². The van der Waals surface area contributed by atoms with Crippen molar-refractivity contribution in [1.82, 2.24) is 5.43 Å². The van der Waals surface area contributed by atoms with Gasteiger partial charge in [0, 0.05) is 5.56 Å². The highest BCUT2D eigenvalue weighted by atomic mass is 19.1. The lowest BCUT2D eigenvalue weighted by Crippen LogP contribution is -2.17. The van der Waals surface area contributed by atoms with Crippen LogP contribution in [0, 0.1) is 19.7 Å². The number of hydrogen-bond donors (Lipinski definition) is 1. The molecule has 3 nitrogen and oxygen atoms in total. The van der Waals surface area contributed by atoms with Crippen LogP contribution in [-0.4, -0.2) is 12.1 Å². The molecule has 0 aliphatic carbocycles. The molecule has 102 valence electrons. The molecule has 1 amide bonds. The monoisotopic (exact) mass is 270 g/mol. The maximum atomic E-state index is 12.7. The number of halogens is 1. The Balaban J connectivity index is 2.01. The lowest BCUT2D eigenvalue weighted by atomic mass is 10.1. The quantitative estimate of drug-likeness (QED) is 0.675. The minimum atomic E-state index is -0.304. The van der Waals surface area contributed by atoms with E-state index in [9.17, 15) is 9.18 Å². The average molecular weight is 270 g/mol. The van der Waals surface area contributed by atoms with Gasteiger partial charge < -0.3 is 0 Å². The second kappa shape index (κ2) is 6.10. The van der Waals surface area contributed by atoms with Gasteiger partial charge in [-0.15, -0.1) is 0 Å². The molecule has 0 saturated heterocycles. The molecular weight excluding hydrogens is 255 g/mol. The summed E-state index contributed by atoms with van der Waals surface area (Å²) in [4.78, 5) is 11.9.